The number of amides is 1. The maximum absolute atomic E-state index is 13.2. The Morgan fingerprint density at radius 3 is 2.68 bits per heavy atom. The summed E-state index contributed by atoms with van der Waals surface area (Å²) in [4.78, 5) is 16.6. The van der Waals surface area contributed by atoms with Crippen molar-refractivity contribution in [3.63, 3.8) is 0 Å². The van der Waals surface area contributed by atoms with E-state index in [1.807, 2.05) is 13.0 Å². The fraction of sp³-hybridized carbons (Fsp3) is 0.588. The number of rotatable bonds is 5. The van der Waals surface area contributed by atoms with Gasteiger partial charge in [-0.05, 0) is 37.5 Å². The molecule has 1 aromatic carbocycles. The van der Waals surface area contributed by atoms with Crippen molar-refractivity contribution >= 4 is 5.91 Å². The van der Waals surface area contributed by atoms with Crippen LogP contribution in [0.2, 0.25) is 0 Å². The van der Waals surface area contributed by atoms with Crippen molar-refractivity contribution in [3.05, 3.63) is 35.6 Å². The van der Waals surface area contributed by atoms with Crippen LogP contribution in [0.1, 0.15) is 25.3 Å². The van der Waals surface area contributed by atoms with Gasteiger partial charge in [0.05, 0.1) is 6.04 Å². The number of carbonyl (C=O) groups excluding carboxylic acids is 1. The van der Waals surface area contributed by atoms with Gasteiger partial charge in [0, 0.05) is 38.8 Å². The number of nitrogens with one attached hydrogen (secondary N) is 1. The van der Waals surface area contributed by atoms with Crippen molar-refractivity contribution in [2.75, 3.05) is 26.2 Å². The molecule has 1 aliphatic heterocycles. The molecule has 0 unspecified atom stereocenters. The quantitative estimate of drug-likeness (QED) is 0.898. The van der Waals surface area contributed by atoms with E-state index in [-0.39, 0.29) is 17.8 Å². The van der Waals surface area contributed by atoms with E-state index in [9.17, 15) is 9.18 Å². The van der Waals surface area contributed by atoms with Gasteiger partial charge in [-0.25, -0.2) is 4.39 Å². The van der Waals surface area contributed by atoms with Gasteiger partial charge in [-0.15, -0.1) is 0 Å². The molecule has 120 valence electrons. The van der Waals surface area contributed by atoms with E-state index in [1.165, 1.54) is 6.07 Å². The lowest BCUT2D eigenvalue weighted by Crippen LogP contribution is -2.53. The first-order valence-corrected chi connectivity index (χ1v) is 8.13. The van der Waals surface area contributed by atoms with Gasteiger partial charge < -0.3 is 5.32 Å². The summed E-state index contributed by atoms with van der Waals surface area (Å²) in [5.74, 6) is -0.0254. The standard InChI is InChI=1S/C17H24FN3O/c1-13(17(22)19-16-5-6-16)21-9-7-20(8-10-21)12-14-3-2-4-15(18)11-14/h2-4,11,13,16H,5-10,12H2,1H3,(H,19,22)/t13-/m1/s1. The van der Waals surface area contributed by atoms with Gasteiger partial charge in [0.25, 0.3) is 0 Å². The first-order chi connectivity index (χ1) is 10.6. The monoisotopic (exact) mass is 305 g/mol. The maximum Gasteiger partial charge on any atom is 0.237 e. The summed E-state index contributed by atoms with van der Waals surface area (Å²) in [5, 5.41) is 3.07. The molecule has 1 aromatic rings. The highest BCUT2D eigenvalue weighted by molar-refractivity contribution is 5.81. The normalized spacial score (nSPS) is 21.5. The Morgan fingerprint density at radius 1 is 1.32 bits per heavy atom. The minimum absolute atomic E-state index is 0.0584. The SMILES string of the molecule is C[C@H](C(=O)NC1CC1)N1CCN(Cc2cccc(F)c2)CC1. The Balaban J connectivity index is 1.46. The van der Waals surface area contributed by atoms with Gasteiger partial charge in [-0.1, -0.05) is 12.1 Å². The summed E-state index contributed by atoms with van der Waals surface area (Å²) in [5.41, 5.74) is 1.01. The van der Waals surface area contributed by atoms with E-state index in [0.717, 1.165) is 51.1 Å². The van der Waals surface area contributed by atoms with Crippen LogP contribution in [0.5, 0.6) is 0 Å². The summed E-state index contributed by atoms with van der Waals surface area (Å²) in [6, 6.07) is 7.15. The van der Waals surface area contributed by atoms with Crippen LogP contribution < -0.4 is 5.32 Å². The Hall–Kier alpha value is -1.46. The molecule has 1 aliphatic carbocycles. The third kappa shape index (κ3) is 4.05. The fourth-order valence-corrected chi connectivity index (χ4v) is 2.92. The minimum atomic E-state index is -0.179. The lowest BCUT2D eigenvalue weighted by Gasteiger charge is -2.37. The third-order valence-corrected chi connectivity index (χ3v) is 4.55. The molecule has 1 saturated carbocycles. The van der Waals surface area contributed by atoms with Crippen LogP contribution in [0.15, 0.2) is 24.3 Å². The predicted octanol–water partition coefficient (Wildman–Crippen LogP) is 1.61. The molecule has 0 radical (unpaired) electrons. The van der Waals surface area contributed by atoms with Gasteiger partial charge in [0.1, 0.15) is 5.82 Å². The molecule has 2 aliphatic rings. The minimum Gasteiger partial charge on any atom is -0.352 e. The number of nitrogens with zero attached hydrogens (tertiary/aromatic N) is 2. The topological polar surface area (TPSA) is 35.6 Å². The van der Waals surface area contributed by atoms with E-state index < -0.39 is 0 Å². The largest absolute Gasteiger partial charge is 0.352 e. The van der Waals surface area contributed by atoms with E-state index in [0.29, 0.717) is 6.04 Å². The van der Waals surface area contributed by atoms with Gasteiger partial charge in [0.15, 0.2) is 0 Å². The number of piperazine rings is 1. The average Bonchev–Trinajstić information content (AvgIpc) is 3.31. The molecule has 1 heterocycles. The van der Waals surface area contributed by atoms with Crippen molar-refractivity contribution in [1.29, 1.82) is 0 Å². The summed E-state index contributed by atoms with van der Waals surface area (Å²) in [7, 11) is 0. The van der Waals surface area contributed by atoms with E-state index >= 15 is 0 Å². The summed E-state index contributed by atoms with van der Waals surface area (Å²) in [6.07, 6.45) is 2.25. The van der Waals surface area contributed by atoms with E-state index in [1.54, 1.807) is 12.1 Å². The molecular formula is C17H24FN3O. The first-order valence-electron chi connectivity index (χ1n) is 8.13. The maximum atomic E-state index is 13.2. The number of hydrogen-bond donors (Lipinski definition) is 1. The van der Waals surface area contributed by atoms with Crippen LogP contribution in [0.4, 0.5) is 4.39 Å². The Morgan fingerprint density at radius 2 is 2.05 bits per heavy atom. The summed E-state index contributed by atoms with van der Waals surface area (Å²) >= 11 is 0. The van der Waals surface area contributed by atoms with Crippen molar-refractivity contribution < 1.29 is 9.18 Å². The Bertz CT molecular complexity index is 524. The van der Waals surface area contributed by atoms with Crippen LogP contribution in [0.3, 0.4) is 0 Å². The second-order valence-corrected chi connectivity index (χ2v) is 6.40. The molecule has 1 saturated heterocycles. The van der Waals surface area contributed by atoms with Gasteiger partial charge >= 0.3 is 0 Å². The summed E-state index contributed by atoms with van der Waals surface area (Å²) in [6.45, 7) is 6.35. The highest BCUT2D eigenvalue weighted by atomic mass is 19.1. The number of hydrogen-bond acceptors (Lipinski definition) is 3. The number of carbonyl (C=O) groups is 1. The van der Waals surface area contributed by atoms with Gasteiger partial charge in [-0.2, -0.15) is 0 Å². The third-order valence-electron chi connectivity index (χ3n) is 4.55. The second-order valence-electron chi connectivity index (χ2n) is 6.40. The van der Waals surface area contributed by atoms with Crippen molar-refractivity contribution in [3.8, 4) is 0 Å². The highest BCUT2D eigenvalue weighted by Crippen LogP contribution is 2.19. The van der Waals surface area contributed by atoms with Gasteiger partial charge in [-0.3, -0.25) is 14.6 Å². The molecule has 0 bridgehead atoms. The predicted molar refractivity (Wildman–Crippen MR) is 83.9 cm³/mol. The highest BCUT2D eigenvalue weighted by Gasteiger charge is 2.29. The molecule has 0 spiro atoms. The lowest BCUT2D eigenvalue weighted by atomic mass is 10.1. The van der Waals surface area contributed by atoms with Crippen LogP contribution in [0.25, 0.3) is 0 Å². The molecular weight excluding hydrogens is 281 g/mol. The summed E-state index contributed by atoms with van der Waals surface area (Å²) < 4.78 is 13.2. The van der Waals surface area contributed by atoms with Crippen LogP contribution in [-0.2, 0) is 11.3 Å². The van der Waals surface area contributed by atoms with Crippen molar-refractivity contribution in [2.24, 2.45) is 0 Å². The van der Waals surface area contributed by atoms with E-state index in [4.69, 9.17) is 0 Å². The average molecular weight is 305 g/mol. The van der Waals surface area contributed by atoms with Crippen LogP contribution in [-0.4, -0.2) is 54.0 Å². The number of benzene rings is 1. The molecule has 2 fully saturated rings. The molecule has 3 rings (SSSR count). The van der Waals surface area contributed by atoms with Crippen LogP contribution in [0, 0.1) is 5.82 Å². The van der Waals surface area contributed by atoms with Crippen molar-refractivity contribution in [1.82, 2.24) is 15.1 Å². The molecule has 4 nitrogen and oxygen atoms in total. The van der Waals surface area contributed by atoms with Crippen molar-refractivity contribution in [2.45, 2.75) is 38.4 Å². The van der Waals surface area contributed by atoms with Gasteiger partial charge in [0.2, 0.25) is 5.91 Å². The second kappa shape index (κ2) is 6.75. The Labute approximate surface area is 131 Å². The number of halogens is 1. The zero-order valence-electron chi connectivity index (χ0n) is 13.1. The molecule has 1 atom stereocenters. The smallest absolute Gasteiger partial charge is 0.237 e. The first kappa shape index (κ1) is 15.4. The molecule has 1 amide bonds. The molecule has 0 aromatic heterocycles. The lowest BCUT2D eigenvalue weighted by molar-refractivity contribution is -0.126. The fourth-order valence-electron chi connectivity index (χ4n) is 2.92. The van der Waals surface area contributed by atoms with Crippen LogP contribution >= 0.6 is 0 Å². The molecule has 5 heteroatoms. The Kier molecular flexibility index (Phi) is 4.74. The zero-order valence-corrected chi connectivity index (χ0v) is 13.1. The molecule has 1 N–H and O–H groups in total. The molecule has 22 heavy (non-hydrogen) atoms. The zero-order chi connectivity index (χ0) is 15.5. The van der Waals surface area contributed by atoms with E-state index in [2.05, 4.69) is 15.1 Å².